The zero-order valence-electron chi connectivity index (χ0n) is 23.9. The lowest BCUT2D eigenvalue weighted by molar-refractivity contribution is -0.137. The van der Waals surface area contributed by atoms with Crippen LogP contribution in [0.4, 0.5) is 5.69 Å². The lowest BCUT2D eigenvalue weighted by Crippen LogP contribution is -2.53. The second kappa shape index (κ2) is 11.6. The van der Waals surface area contributed by atoms with Crippen LogP contribution in [0.5, 0.6) is 0 Å². The van der Waals surface area contributed by atoms with Gasteiger partial charge in [0.15, 0.2) is 0 Å². The number of nitrogens with zero attached hydrogens (tertiary/aromatic N) is 3. The Balaban J connectivity index is 1.54. The summed E-state index contributed by atoms with van der Waals surface area (Å²) in [6.45, 7) is 7.99. The van der Waals surface area contributed by atoms with Gasteiger partial charge >= 0.3 is 0 Å². The molecule has 2 amide bonds. The highest BCUT2D eigenvalue weighted by atomic mass is 79.9. The summed E-state index contributed by atoms with van der Waals surface area (Å²) in [4.78, 5) is 30.3. The first-order valence-corrected chi connectivity index (χ1v) is 15.5. The van der Waals surface area contributed by atoms with Gasteiger partial charge in [0, 0.05) is 23.4 Å². The first-order valence-electron chi connectivity index (χ1n) is 14.3. The van der Waals surface area contributed by atoms with Crippen LogP contribution in [0.1, 0.15) is 40.6 Å². The number of para-hydroxylation sites is 1. The van der Waals surface area contributed by atoms with Gasteiger partial charge in [0.25, 0.3) is 5.91 Å². The summed E-state index contributed by atoms with van der Waals surface area (Å²) >= 11 is 3.43. The van der Waals surface area contributed by atoms with Gasteiger partial charge in [-0.15, -0.1) is 0 Å². The highest BCUT2D eigenvalue weighted by molar-refractivity contribution is 9.09. The molecular weight excluding hydrogens is 586 g/mol. The van der Waals surface area contributed by atoms with Gasteiger partial charge in [-0.25, -0.2) is 4.90 Å². The second-order valence-electron chi connectivity index (χ2n) is 11.1. The molecule has 3 aliphatic heterocycles. The number of allylic oxidation sites excluding steroid dienone is 5. The third-order valence-corrected chi connectivity index (χ3v) is 8.81. The first kappa shape index (κ1) is 28.0. The van der Waals surface area contributed by atoms with Gasteiger partial charge < -0.3 is 0 Å². The van der Waals surface area contributed by atoms with Crippen LogP contribution in [0.25, 0.3) is 0 Å². The summed E-state index contributed by atoms with van der Waals surface area (Å²) < 4.78 is 0. The van der Waals surface area contributed by atoms with Crippen molar-refractivity contribution in [3.63, 3.8) is 0 Å². The van der Waals surface area contributed by atoms with E-state index < -0.39 is 12.0 Å². The minimum Gasteiger partial charge on any atom is -0.277 e. The zero-order chi connectivity index (χ0) is 29.4. The Bertz CT molecular complexity index is 1590. The van der Waals surface area contributed by atoms with E-state index in [-0.39, 0.29) is 23.8 Å². The molecule has 0 bridgehead atoms. The number of benzene rings is 3. The quantitative estimate of drug-likeness (QED) is 0.156. The molecule has 2 fully saturated rings. The van der Waals surface area contributed by atoms with E-state index in [9.17, 15) is 9.59 Å². The van der Waals surface area contributed by atoms with Gasteiger partial charge in [0.2, 0.25) is 5.91 Å². The molecule has 212 valence electrons. The van der Waals surface area contributed by atoms with Crippen LogP contribution in [0.15, 0.2) is 127 Å². The maximum atomic E-state index is 14.6. The molecule has 4 unspecified atom stereocenters. The molecule has 42 heavy (non-hydrogen) atoms. The molecule has 5 nitrogen and oxygen atoms in total. The smallest absolute Gasteiger partial charge is 0.259 e. The number of likely N-dealkylation sites (tertiary alicyclic amines) is 1. The van der Waals surface area contributed by atoms with Crippen LogP contribution in [0, 0.1) is 19.8 Å². The number of fused-ring (bicyclic) bond motifs is 3. The number of carbonyl (C=O) groups excluding carboxylic acids is 2. The number of imide groups is 1. The van der Waals surface area contributed by atoms with Crippen LogP contribution in [-0.4, -0.2) is 33.1 Å². The molecular formula is C36H34BrN3O2. The number of halogens is 1. The number of alkyl halides is 1. The molecule has 3 aliphatic rings. The maximum absolute atomic E-state index is 14.6. The van der Waals surface area contributed by atoms with Crippen molar-refractivity contribution in [1.82, 2.24) is 9.91 Å². The third kappa shape index (κ3) is 4.84. The molecule has 2 saturated heterocycles. The lowest BCUT2D eigenvalue weighted by Gasteiger charge is -2.43. The molecule has 3 aromatic rings. The Morgan fingerprint density at radius 1 is 0.881 bits per heavy atom. The third-order valence-electron chi connectivity index (χ3n) is 8.44. The van der Waals surface area contributed by atoms with Gasteiger partial charge in [-0.3, -0.25) is 19.6 Å². The van der Waals surface area contributed by atoms with Crippen LogP contribution >= 0.6 is 15.9 Å². The number of amides is 2. The van der Waals surface area contributed by atoms with Crippen LogP contribution in [-0.2, 0) is 9.59 Å². The van der Waals surface area contributed by atoms with E-state index in [1.165, 1.54) is 16.0 Å². The Labute approximate surface area is 256 Å². The molecule has 3 aromatic carbocycles. The van der Waals surface area contributed by atoms with Crippen molar-refractivity contribution in [2.75, 3.05) is 10.3 Å². The fourth-order valence-corrected chi connectivity index (χ4v) is 6.68. The molecule has 0 saturated carbocycles. The summed E-state index contributed by atoms with van der Waals surface area (Å²) in [5, 5.41) is 4.96. The Morgan fingerprint density at radius 3 is 2.14 bits per heavy atom. The molecule has 0 spiro atoms. The first-order chi connectivity index (χ1) is 20.4. The minimum absolute atomic E-state index is 0.0231. The van der Waals surface area contributed by atoms with Crippen LogP contribution in [0.3, 0.4) is 0 Å². The second-order valence-corrected chi connectivity index (χ2v) is 11.8. The van der Waals surface area contributed by atoms with Crippen molar-refractivity contribution in [2.24, 2.45) is 5.92 Å². The predicted octanol–water partition coefficient (Wildman–Crippen LogP) is 7.53. The molecule has 3 heterocycles. The topological polar surface area (TPSA) is 43.9 Å². The Kier molecular flexibility index (Phi) is 7.74. The summed E-state index contributed by atoms with van der Waals surface area (Å²) in [7, 11) is 0. The summed E-state index contributed by atoms with van der Waals surface area (Å²) in [6, 6.07) is 26.4. The number of rotatable bonds is 7. The fraction of sp³-hybridized carbons (Fsp3) is 0.222. The van der Waals surface area contributed by atoms with Gasteiger partial charge in [-0.2, -0.15) is 0 Å². The normalized spacial score (nSPS) is 23.8. The molecule has 0 radical (unpaired) electrons. The Morgan fingerprint density at radius 2 is 1.52 bits per heavy atom. The predicted molar refractivity (Wildman–Crippen MR) is 172 cm³/mol. The largest absolute Gasteiger partial charge is 0.277 e. The van der Waals surface area contributed by atoms with E-state index in [1.54, 1.807) is 12.2 Å². The van der Waals surface area contributed by atoms with Gasteiger partial charge in [-0.05, 0) is 49.3 Å². The number of hydrazine groups is 1. The maximum Gasteiger partial charge on any atom is 0.259 e. The number of carbonyl (C=O) groups is 2. The van der Waals surface area contributed by atoms with Crippen LogP contribution < -0.4 is 5.01 Å². The van der Waals surface area contributed by atoms with Crippen LogP contribution in [0.2, 0.25) is 0 Å². The average Bonchev–Trinajstić information content (AvgIpc) is 3.51. The summed E-state index contributed by atoms with van der Waals surface area (Å²) in [5.74, 6) is -1.23. The number of hydrogen-bond acceptors (Lipinski definition) is 4. The van der Waals surface area contributed by atoms with E-state index in [0.717, 1.165) is 28.9 Å². The lowest BCUT2D eigenvalue weighted by atomic mass is 9.78. The molecule has 4 atom stereocenters. The fourth-order valence-electron chi connectivity index (χ4n) is 6.49. The highest BCUT2D eigenvalue weighted by Gasteiger charge is 2.60. The standard InChI is InChI=1S/C36H34BrN3O2/c1-4-9-28(12-8-21-37)38-35(41)33-31(26-17-13-24(2)14-18-26)22-30-23-32(27-19-15-25(3)16-20-27)39(29-10-6-5-7-11-29)40(30)34(33)36(38)42/h4-20,22,31-34H,1,21,23H2,2-3H3. The van der Waals surface area contributed by atoms with Gasteiger partial charge in [-0.1, -0.05) is 119 Å². The number of hydrogen-bond donors (Lipinski definition) is 0. The van der Waals surface area contributed by atoms with Crippen molar-refractivity contribution in [1.29, 1.82) is 0 Å². The molecule has 0 aliphatic carbocycles. The monoisotopic (exact) mass is 619 g/mol. The minimum atomic E-state index is -0.690. The SMILES string of the molecule is C=CC=C(C=CCBr)N1C(=O)C2C(c3ccc(C)cc3)C=C3CC(c4ccc(C)cc4)N(c4ccccc4)N3C2C1=O. The van der Waals surface area contributed by atoms with E-state index in [4.69, 9.17) is 0 Å². The van der Waals surface area contributed by atoms with Gasteiger partial charge in [0.1, 0.15) is 6.04 Å². The van der Waals surface area contributed by atoms with E-state index in [2.05, 4.69) is 113 Å². The zero-order valence-corrected chi connectivity index (χ0v) is 25.4. The summed E-state index contributed by atoms with van der Waals surface area (Å²) in [5.41, 5.74) is 7.14. The van der Waals surface area contributed by atoms with E-state index >= 15 is 0 Å². The summed E-state index contributed by atoms with van der Waals surface area (Å²) in [6.07, 6.45) is 10.0. The van der Waals surface area contributed by atoms with Crippen molar-refractivity contribution >= 4 is 33.4 Å². The molecule has 0 N–H and O–H groups in total. The number of aryl methyl sites for hydroxylation is 2. The highest BCUT2D eigenvalue weighted by Crippen LogP contribution is 2.52. The van der Waals surface area contributed by atoms with Crippen molar-refractivity contribution in [2.45, 2.75) is 38.3 Å². The van der Waals surface area contributed by atoms with E-state index in [1.807, 2.05) is 30.4 Å². The van der Waals surface area contributed by atoms with Gasteiger partial charge in [0.05, 0.1) is 23.3 Å². The van der Waals surface area contributed by atoms with Crippen molar-refractivity contribution in [3.8, 4) is 0 Å². The van der Waals surface area contributed by atoms with Crippen molar-refractivity contribution in [3.05, 3.63) is 149 Å². The molecule has 6 rings (SSSR count). The van der Waals surface area contributed by atoms with E-state index in [0.29, 0.717) is 11.0 Å². The Hall–Kier alpha value is -4.16. The number of anilines is 1. The molecule has 6 heteroatoms. The average molecular weight is 621 g/mol. The molecule has 0 aromatic heterocycles. The van der Waals surface area contributed by atoms with Crippen molar-refractivity contribution < 1.29 is 9.59 Å².